The second-order valence-corrected chi connectivity index (χ2v) is 4.33. The molecule has 1 unspecified atom stereocenters. The van der Waals surface area contributed by atoms with Gasteiger partial charge in [-0.2, -0.15) is 0 Å². The Kier molecular flexibility index (Phi) is 3.38. The van der Waals surface area contributed by atoms with E-state index in [0.717, 1.165) is 32.0 Å². The van der Waals surface area contributed by atoms with Gasteiger partial charge in [-0.15, -0.1) is 0 Å². The molecule has 1 aromatic heterocycles. The van der Waals surface area contributed by atoms with Crippen LogP contribution >= 0.6 is 11.6 Å². The van der Waals surface area contributed by atoms with Crippen molar-refractivity contribution < 1.29 is 0 Å². The first kappa shape index (κ1) is 10.6. The lowest BCUT2D eigenvalue weighted by Crippen LogP contribution is -2.39. The van der Waals surface area contributed by atoms with E-state index in [2.05, 4.69) is 14.9 Å². The highest BCUT2D eigenvalue weighted by molar-refractivity contribution is 6.30. The summed E-state index contributed by atoms with van der Waals surface area (Å²) in [5.74, 6) is 1.33. The molecule has 1 aliphatic rings. The van der Waals surface area contributed by atoms with E-state index >= 15 is 0 Å². The Labute approximate surface area is 94.5 Å². The van der Waals surface area contributed by atoms with E-state index in [9.17, 15) is 0 Å². The van der Waals surface area contributed by atoms with Gasteiger partial charge in [0.25, 0.3) is 0 Å². The number of rotatable bonds is 2. The second-order valence-electron chi connectivity index (χ2n) is 3.89. The van der Waals surface area contributed by atoms with E-state index in [1.54, 1.807) is 12.4 Å². The molecular formula is C10H15ClN4. The van der Waals surface area contributed by atoms with Gasteiger partial charge in [0.05, 0.1) is 17.4 Å². The quantitative estimate of drug-likeness (QED) is 0.826. The molecule has 0 aliphatic carbocycles. The highest BCUT2D eigenvalue weighted by atomic mass is 35.5. The molecule has 5 heteroatoms. The first-order valence-electron chi connectivity index (χ1n) is 5.22. The smallest absolute Gasteiger partial charge is 0.225 e. The summed E-state index contributed by atoms with van der Waals surface area (Å²) in [5.41, 5.74) is 5.68. The van der Waals surface area contributed by atoms with Crippen molar-refractivity contribution in [3.8, 4) is 0 Å². The topological polar surface area (TPSA) is 55.0 Å². The van der Waals surface area contributed by atoms with Crippen LogP contribution in [0.25, 0.3) is 0 Å². The maximum absolute atomic E-state index is 5.74. The minimum absolute atomic E-state index is 0.568. The maximum Gasteiger partial charge on any atom is 0.225 e. The Morgan fingerprint density at radius 1 is 1.47 bits per heavy atom. The van der Waals surface area contributed by atoms with Crippen LogP contribution in [0.15, 0.2) is 12.4 Å². The lowest BCUT2D eigenvalue weighted by atomic mass is 9.99. The molecule has 0 spiro atoms. The van der Waals surface area contributed by atoms with E-state index in [-0.39, 0.29) is 0 Å². The van der Waals surface area contributed by atoms with Crippen LogP contribution in [0.5, 0.6) is 0 Å². The number of anilines is 1. The normalized spacial score (nSPS) is 21.7. The van der Waals surface area contributed by atoms with E-state index in [0.29, 0.717) is 10.9 Å². The van der Waals surface area contributed by atoms with Crippen molar-refractivity contribution in [3.63, 3.8) is 0 Å². The van der Waals surface area contributed by atoms with Crippen LogP contribution < -0.4 is 10.6 Å². The Morgan fingerprint density at radius 3 is 2.87 bits per heavy atom. The fourth-order valence-corrected chi connectivity index (χ4v) is 2.01. The van der Waals surface area contributed by atoms with Gasteiger partial charge in [-0.1, -0.05) is 11.6 Å². The van der Waals surface area contributed by atoms with Crippen LogP contribution in [0.3, 0.4) is 0 Å². The van der Waals surface area contributed by atoms with Crippen molar-refractivity contribution in [1.29, 1.82) is 0 Å². The molecule has 0 bridgehead atoms. The molecule has 1 aromatic rings. The summed E-state index contributed by atoms with van der Waals surface area (Å²) in [4.78, 5) is 10.6. The van der Waals surface area contributed by atoms with E-state index in [4.69, 9.17) is 17.3 Å². The minimum Gasteiger partial charge on any atom is -0.341 e. The molecular weight excluding hydrogens is 212 g/mol. The zero-order valence-corrected chi connectivity index (χ0v) is 9.32. The minimum atomic E-state index is 0.568. The average Bonchev–Trinajstić information content (AvgIpc) is 2.30. The molecule has 1 saturated heterocycles. The van der Waals surface area contributed by atoms with Gasteiger partial charge in [0.15, 0.2) is 0 Å². The van der Waals surface area contributed by atoms with Gasteiger partial charge in [0.1, 0.15) is 0 Å². The van der Waals surface area contributed by atoms with Gasteiger partial charge >= 0.3 is 0 Å². The summed E-state index contributed by atoms with van der Waals surface area (Å²) in [6.07, 6.45) is 5.64. The van der Waals surface area contributed by atoms with E-state index in [1.807, 2.05) is 0 Å². The van der Waals surface area contributed by atoms with Gasteiger partial charge in [0, 0.05) is 13.1 Å². The fraction of sp³-hybridized carbons (Fsp3) is 0.600. The van der Waals surface area contributed by atoms with Crippen molar-refractivity contribution in [3.05, 3.63) is 17.4 Å². The fourth-order valence-electron chi connectivity index (χ4n) is 1.91. The number of nitrogens with zero attached hydrogens (tertiary/aromatic N) is 3. The lowest BCUT2D eigenvalue weighted by Gasteiger charge is -2.31. The highest BCUT2D eigenvalue weighted by Crippen LogP contribution is 2.19. The summed E-state index contributed by atoms with van der Waals surface area (Å²) in [6, 6.07) is 0. The average molecular weight is 227 g/mol. The van der Waals surface area contributed by atoms with Crippen molar-refractivity contribution in [2.24, 2.45) is 11.7 Å². The molecule has 1 atom stereocenters. The predicted octanol–water partition coefficient (Wildman–Crippen LogP) is 1.31. The molecule has 2 heterocycles. The van der Waals surface area contributed by atoms with Crippen LogP contribution in [0, 0.1) is 5.92 Å². The first-order chi connectivity index (χ1) is 7.29. The summed E-state index contributed by atoms with van der Waals surface area (Å²) in [6.45, 7) is 2.71. The number of halogens is 1. The van der Waals surface area contributed by atoms with Crippen molar-refractivity contribution in [1.82, 2.24) is 9.97 Å². The maximum atomic E-state index is 5.74. The van der Waals surface area contributed by atoms with Gasteiger partial charge in [-0.3, -0.25) is 0 Å². The molecule has 0 amide bonds. The molecule has 4 nitrogen and oxygen atoms in total. The van der Waals surface area contributed by atoms with Crippen LogP contribution in [0.2, 0.25) is 5.02 Å². The molecule has 15 heavy (non-hydrogen) atoms. The Morgan fingerprint density at radius 2 is 2.20 bits per heavy atom. The number of nitrogens with two attached hydrogens (primary N) is 1. The molecule has 1 aliphatic heterocycles. The van der Waals surface area contributed by atoms with Gasteiger partial charge in [-0.05, 0) is 25.3 Å². The van der Waals surface area contributed by atoms with Crippen LogP contribution in [0.4, 0.5) is 5.95 Å². The summed E-state index contributed by atoms with van der Waals surface area (Å²) in [5, 5.41) is 0.575. The molecule has 2 rings (SSSR count). The second kappa shape index (κ2) is 4.77. The third-order valence-corrected chi connectivity index (χ3v) is 2.94. The predicted molar refractivity (Wildman–Crippen MR) is 61.0 cm³/mol. The third-order valence-electron chi connectivity index (χ3n) is 2.74. The number of hydrogen-bond acceptors (Lipinski definition) is 4. The Balaban J connectivity index is 2.06. The molecule has 0 radical (unpaired) electrons. The van der Waals surface area contributed by atoms with Gasteiger partial charge < -0.3 is 10.6 Å². The first-order valence-corrected chi connectivity index (χ1v) is 5.60. The van der Waals surface area contributed by atoms with Crippen molar-refractivity contribution in [2.75, 3.05) is 24.5 Å². The van der Waals surface area contributed by atoms with Crippen molar-refractivity contribution >= 4 is 17.5 Å². The van der Waals surface area contributed by atoms with E-state index < -0.39 is 0 Å². The Bertz CT molecular complexity index is 314. The summed E-state index contributed by atoms with van der Waals surface area (Å²) < 4.78 is 0. The third kappa shape index (κ3) is 2.58. The zero-order chi connectivity index (χ0) is 10.7. The van der Waals surface area contributed by atoms with Gasteiger partial charge in [-0.25, -0.2) is 9.97 Å². The summed E-state index contributed by atoms with van der Waals surface area (Å²) >= 11 is 5.74. The van der Waals surface area contributed by atoms with E-state index in [1.165, 1.54) is 6.42 Å². The SMILES string of the molecule is NCC1CCCN(c2ncc(Cl)cn2)C1. The van der Waals surface area contributed by atoms with Crippen LogP contribution in [-0.2, 0) is 0 Å². The van der Waals surface area contributed by atoms with Crippen molar-refractivity contribution in [2.45, 2.75) is 12.8 Å². The number of aromatic nitrogens is 2. The molecule has 1 fully saturated rings. The monoisotopic (exact) mass is 226 g/mol. The molecule has 0 aromatic carbocycles. The summed E-state index contributed by atoms with van der Waals surface area (Å²) in [7, 11) is 0. The number of hydrogen-bond donors (Lipinski definition) is 1. The molecule has 0 saturated carbocycles. The standard InChI is InChI=1S/C10H15ClN4/c11-9-5-13-10(14-6-9)15-3-1-2-8(4-12)7-15/h5-6,8H,1-4,7,12H2. The zero-order valence-electron chi connectivity index (χ0n) is 8.56. The Hall–Kier alpha value is -0.870. The highest BCUT2D eigenvalue weighted by Gasteiger charge is 2.20. The largest absolute Gasteiger partial charge is 0.341 e. The number of piperidine rings is 1. The van der Waals surface area contributed by atoms with Gasteiger partial charge in [0.2, 0.25) is 5.95 Å². The molecule has 2 N–H and O–H groups in total. The van der Waals surface area contributed by atoms with Crippen LogP contribution in [-0.4, -0.2) is 29.6 Å². The molecule has 82 valence electrons. The van der Waals surface area contributed by atoms with Crippen LogP contribution in [0.1, 0.15) is 12.8 Å². The lowest BCUT2D eigenvalue weighted by molar-refractivity contribution is 0.419.